The van der Waals surface area contributed by atoms with Crippen LogP contribution in [0.25, 0.3) is 0 Å². The number of rotatable bonds is 4. The van der Waals surface area contributed by atoms with Gasteiger partial charge in [0.1, 0.15) is 5.75 Å². The van der Waals surface area contributed by atoms with Gasteiger partial charge in [-0.25, -0.2) is 4.98 Å². The molecule has 116 valence electrons. The molecule has 0 spiro atoms. The summed E-state index contributed by atoms with van der Waals surface area (Å²) in [6.07, 6.45) is 3.03. The van der Waals surface area contributed by atoms with E-state index in [1.54, 1.807) is 7.11 Å². The first kappa shape index (κ1) is 14.8. The Morgan fingerprint density at radius 3 is 2.95 bits per heavy atom. The zero-order valence-electron chi connectivity index (χ0n) is 12.5. The molecule has 5 nitrogen and oxygen atoms in total. The maximum absolute atomic E-state index is 12.2. The first-order valence-electron chi connectivity index (χ1n) is 7.30. The number of ether oxygens (including phenoxy) is 1. The van der Waals surface area contributed by atoms with Crippen molar-refractivity contribution in [2.45, 2.75) is 31.7 Å². The highest BCUT2D eigenvalue weighted by molar-refractivity contribution is 7.15. The highest BCUT2D eigenvalue weighted by Gasteiger charge is 2.23. The van der Waals surface area contributed by atoms with Crippen molar-refractivity contribution in [1.82, 2.24) is 10.3 Å². The van der Waals surface area contributed by atoms with Gasteiger partial charge in [0.25, 0.3) is 0 Å². The van der Waals surface area contributed by atoms with Crippen molar-refractivity contribution in [3.63, 3.8) is 0 Å². The molecule has 0 aliphatic heterocycles. The number of carbonyl (C=O) groups is 1. The molecule has 0 saturated carbocycles. The molecule has 1 atom stereocenters. The zero-order valence-corrected chi connectivity index (χ0v) is 13.3. The van der Waals surface area contributed by atoms with Gasteiger partial charge in [-0.3, -0.25) is 4.79 Å². The molecule has 6 heteroatoms. The second kappa shape index (κ2) is 6.36. The van der Waals surface area contributed by atoms with Gasteiger partial charge in [-0.1, -0.05) is 12.1 Å². The molecular weight excluding hydrogens is 298 g/mol. The lowest BCUT2D eigenvalue weighted by molar-refractivity contribution is -0.121. The summed E-state index contributed by atoms with van der Waals surface area (Å²) in [5.41, 5.74) is 7.82. The van der Waals surface area contributed by atoms with Gasteiger partial charge in [0.05, 0.1) is 19.2 Å². The van der Waals surface area contributed by atoms with Crippen molar-refractivity contribution in [3.05, 3.63) is 40.4 Å². The number of thiazole rings is 1. The highest BCUT2D eigenvalue weighted by atomic mass is 32.1. The predicted octanol–water partition coefficient (Wildman–Crippen LogP) is 1.95. The second-order valence-electron chi connectivity index (χ2n) is 5.45. The lowest BCUT2D eigenvalue weighted by Gasteiger charge is -2.22. The normalized spacial score (nSPS) is 16.9. The number of aryl methyl sites for hydroxylation is 1. The maximum atomic E-state index is 12.2. The Morgan fingerprint density at radius 2 is 2.23 bits per heavy atom. The number of anilines is 1. The summed E-state index contributed by atoms with van der Waals surface area (Å²) in [6.45, 7) is 0. The smallest absolute Gasteiger partial charge is 0.224 e. The zero-order chi connectivity index (χ0) is 15.5. The molecule has 22 heavy (non-hydrogen) atoms. The lowest BCUT2D eigenvalue weighted by atomic mass is 9.97. The minimum atomic E-state index is 0.0519. The van der Waals surface area contributed by atoms with Crippen molar-refractivity contribution in [1.29, 1.82) is 0 Å². The number of aromatic nitrogens is 1. The fourth-order valence-corrected chi connectivity index (χ4v) is 3.68. The van der Waals surface area contributed by atoms with Crippen LogP contribution in [0.2, 0.25) is 0 Å². The van der Waals surface area contributed by atoms with Gasteiger partial charge in [0, 0.05) is 17.3 Å². The molecule has 1 aliphatic carbocycles. The molecule has 1 aromatic heterocycles. The predicted molar refractivity (Wildman–Crippen MR) is 87.2 cm³/mol. The van der Waals surface area contributed by atoms with Crippen LogP contribution < -0.4 is 15.8 Å². The van der Waals surface area contributed by atoms with Gasteiger partial charge in [0.2, 0.25) is 5.91 Å². The van der Waals surface area contributed by atoms with E-state index in [2.05, 4.69) is 10.3 Å². The van der Waals surface area contributed by atoms with Gasteiger partial charge in [-0.15, -0.1) is 11.3 Å². The van der Waals surface area contributed by atoms with Crippen LogP contribution >= 0.6 is 11.3 Å². The number of amides is 1. The fraction of sp³-hybridized carbons (Fsp3) is 0.375. The number of fused-ring (bicyclic) bond motifs is 1. The number of nitrogen functional groups attached to an aromatic ring is 1. The summed E-state index contributed by atoms with van der Waals surface area (Å²) in [5.74, 6) is 0.850. The van der Waals surface area contributed by atoms with Crippen molar-refractivity contribution in [2.24, 2.45) is 0 Å². The molecule has 1 aromatic carbocycles. The van der Waals surface area contributed by atoms with E-state index in [1.165, 1.54) is 16.2 Å². The van der Waals surface area contributed by atoms with E-state index in [0.717, 1.165) is 36.3 Å². The summed E-state index contributed by atoms with van der Waals surface area (Å²) in [4.78, 5) is 17.7. The number of hydrogen-bond donors (Lipinski definition) is 2. The largest absolute Gasteiger partial charge is 0.497 e. The molecule has 1 heterocycles. The first-order chi connectivity index (χ1) is 10.6. The van der Waals surface area contributed by atoms with Crippen LogP contribution in [-0.4, -0.2) is 24.0 Å². The molecule has 0 radical (unpaired) electrons. The number of methoxy groups -OCH3 is 1. The SMILES string of the molecule is COc1ccc(CC(=O)NC2CCc3nc(N)sc3C2)cc1. The first-order valence-corrected chi connectivity index (χ1v) is 8.12. The highest BCUT2D eigenvalue weighted by Crippen LogP contribution is 2.28. The van der Waals surface area contributed by atoms with E-state index in [4.69, 9.17) is 10.5 Å². The molecule has 3 N–H and O–H groups in total. The summed E-state index contributed by atoms with van der Waals surface area (Å²) in [6, 6.07) is 7.76. The Morgan fingerprint density at radius 1 is 1.45 bits per heavy atom. The van der Waals surface area contributed by atoms with E-state index in [-0.39, 0.29) is 11.9 Å². The number of nitrogens with one attached hydrogen (secondary N) is 1. The van der Waals surface area contributed by atoms with E-state index in [1.807, 2.05) is 24.3 Å². The van der Waals surface area contributed by atoms with Crippen molar-refractivity contribution < 1.29 is 9.53 Å². The molecule has 1 unspecified atom stereocenters. The Balaban J connectivity index is 1.55. The Labute approximate surface area is 133 Å². The number of hydrogen-bond acceptors (Lipinski definition) is 5. The maximum Gasteiger partial charge on any atom is 0.224 e. The van der Waals surface area contributed by atoms with Crippen LogP contribution in [0.3, 0.4) is 0 Å². The van der Waals surface area contributed by atoms with Crippen LogP contribution in [0, 0.1) is 0 Å². The standard InChI is InChI=1S/C16H19N3O2S/c1-21-12-5-2-10(3-6-12)8-15(20)18-11-4-7-13-14(9-11)22-16(17)19-13/h2-3,5-6,11H,4,7-9H2,1H3,(H2,17,19)(H,18,20). The number of benzene rings is 1. The summed E-state index contributed by atoms with van der Waals surface area (Å²) in [5, 5.41) is 3.73. The van der Waals surface area contributed by atoms with Crippen LogP contribution in [-0.2, 0) is 24.1 Å². The molecule has 0 saturated heterocycles. The fourth-order valence-electron chi connectivity index (χ4n) is 2.73. The molecule has 3 rings (SSSR count). The third kappa shape index (κ3) is 3.39. The van der Waals surface area contributed by atoms with Crippen molar-refractivity contribution in [2.75, 3.05) is 12.8 Å². The topological polar surface area (TPSA) is 77.2 Å². The molecule has 1 amide bonds. The van der Waals surface area contributed by atoms with Crippen LogP contribution in [0.5, 0.6) is 5.75 Å². The molecule has 0 fully saturated rings. The van der Waals surface area contributed by atoms with Gasteiger partial charge < -0.3 is 15.8 Å². The van der Waals surface area contributed by atoms with E-state index in [0.29, 0.717) is 11.6 Å². The molecule has 2 aromatic rings. The average Bonchev–Trinajstić information content (AvgIpc) is 2.87. The third-order valence-corrected chi connectivity index (χ3v) is 4.79. The third-order valence-electron chi connectivity index (χ3n) is 3.85. The van der Waals surface area contributed by atoms with E-state index < -0.39 is 0 Å². The minimum Gasteiger partial charge on any atom is -0.497 e. The summed E-state index contributed by atoms with van der Waals surface area (Å²) in [7, 11) is 1.63. The van der Waals surface area contributed by atoms with E-state index in [9.17, 15) is 4.79 Å². The molecule has 0 bridgehead atoms. The van der Waals surface area contributed by atoms with Gasteiger partial charge in [-0.2, -0.15) is 0 Å². The quantitative estimate of drug-likeness (QED) is 0.903. The van der Waals surface area contributed by atoms with Crippen LogP contribution in [0.4, 0.5) is 5.13 Å². The van der Waals surface area contributed by atoms with E-state index >= 15 is 0 Å². The average molecular weight is 317 g/mol. The Kier molecular flexibility index (Phi) is 4.29. The molecular formula is C16H19N3O2S. The van der Waals surface area contributed by atoms with Crippen molar-refractivity contribution in [3.8, 4) is 5.75 Å². The molecule has 1 aliphatic rings. The number of carbonyl (C=O) groups excluding carboxylic acids is 1. The number of nitrogens with two attached hydrogens (primary N) is 1. The second-order valence-corrected chi connectivity index (χ2v) is 6.57. The van der Waals surface area contributed by atoms with Crippen LogP contribution in [0.15, 0.2) is 24.3 Å². The lowest BCUT2D eigenvalue weighted by Crippen LogP contribution is -2.39. The minimum absolute atomic E-state index is 0.0519. The Hall–Kier alpha value is -2.08. The monoisotopic (exact) mass is 317 g/mol. The van der Waals surface area contributed by atoms with Crippen LogP contribution in [0.1, 0.15) is 22.6 Å². The van der Waals surface area contributed by atoms with Gasteiger partial charge in [0.15, 0.2) is 5.13 Å². The summed E-state index contributed by atoms with van der Waals surface area (Å²) >= 11 is 1.53. The Bertz CT molecular complexity index is 667. The number of nitrogens with zero attached hydrogens (tertiary/aromatic N) is 1. The van der Waals surface area contributed by atoms with Gasteiger partial charge in [-0.05, 0) is 30.5 Å². The summed E-state index contributed by atoms with van der Waals surface area (Å²) < 4.78 is 5.12. The van der Waals surface area contributed by atoms with Gasteiger partial charge >= 0.3 is 0 Å². The van der Waals surface area contributed by atoms with Crippen molar-refractivity contribution >= 4 is 22.4 Å².